The molecule has 322 valence electrons. The predicted molar refractivity (Wildman–Crippen MR) is 231 cm³/mol. The van der Waals surface area contributed by atoms with Gasteiger partial charge in [0.25, 0.3) is 5.91 Å². The Morgan fingerprint density at radius 3 is 2.39 bits per heavy atom. The number of carbonyl (C=O) groups excluding carboxylic acids is 2. The molecule has 12 nitrogen and oxygen atoms in total. The second-order valence-corrected chi connectivity index (χ2v) is 18.0. The number of benzene rings is 3. The molecule has 0 radical (unpaired) electrons. The number of nitrogens with one attached hydrogen (secondary N) is 2. The van der Waals surface area contributed by atoms with Crippen molar-refractivity contribution in [1.29, 1.82) is 0 Å². The Morgan fingerprint density at radius 2 is 1.73 bits per heavy atom. The van der Waals surface area contributed by atoms with Gasteiger partial charge in [-0.3, -0.25) is 14.4 Å². The quantitative estimate of drug-likeness (QED) is 0.169. The third-order valence-corrected chi connectivity index (χ3v) is 13.6. The minimum absolute atomic E-state index is 0.0609. The Balaban J connectivity index is 1.31. The van der Waals surface area contributed by atoms with E-state index in [-0.39, 0.29) is 41.8 Å². The normalized spacial score (nSPS) is 27.0. The molecule has 0 bridgehead atoms. The number of methoxy groups -OCH3 is 1. The van der Waals surface area contributed by atoms with Crippen LogP contribution in [0.15, 0.2) is 66.7 Å². The number of aliphatic hydroxyl groups is 2. The molecule has 3 aromatic carbocycles. The second kappa shape index (κ2) is 19.1. The molecule has 1 saturated carbocycles. The van der Waals surface area contributed by atoms with E-state index in [1.807, 2.05) is 62.6 Å². The maximum atomic E-state index is 14.3. The number of morpholine rings is 1. The Morgan fingerprint density at radius 1 is 1.02 bits per heavy atom. The summed E-state index contributed by atoms with van der Waals surface area (Å²) in [4.78, 5) is 38.9. The fourth-order valence-electron chi connectivity index (χ4n) is 9.42. The minimum atomic E-state index is -1.38. The van der Waals surface area contributed by atoms with Crippen LogP contribution in [-0.4, -0.2) is 117 Å². The van der Waals surface area contributed by atoms with Gasteiger partial charge in [0.1, 0.15) is 11.8 Å². The van der Waals surface area contributed by atoms with Crippen LogP contribution in [0, 0.1) is 29.1 Å². The average molecular weight is 814 g/mol. The number of anilines is 1. The number of ether oxygens (including phenoxy) is 2. The molecule has 59 heavy (non-hydrogen) atoms. The molecule has 9 atom stereocenters. The maximum Gasteiger partial charge on any atom is 0.251 e. The molecule has 0 spiro atoms. The van der Waals surface area contributed by atoms with Crippen LogP contribution in [0.25, 0.3) is 11.1 Å². The van der Waals surface area contributed by atoms with Crippen LogP contribution in [0.1, 0.15) is 69.4 Å². The average Bonchev–Trinajstić information content (AvgIpc) is 3.54. The lowest BCUT2D eigenvalue weighted by molar-refractivity contribution is -0.231. The number of hydrogen-bond donors (Lipinski definition) is 4. The van der Waals surface area contributed by atoms with E-state index >= 15 is 0 Å². The van der Waals surface area contributed by atoms with Gasteiger partial charge < -0.3 is 40.1 Å². The van der Waals surface area contributed by atoms with Gasteiger partial charge >= 0.3 is 0 Å². The first-order chi connectivity index (χ1) is 28.1. The summed E-state index contributed by atoms with van der Waals surface area (Å²) >= 11 is 0. The van der Waals surface area contributed by atoms with Crippen molar-refractivity contribution < 1.29 is 34.1 Å². The first kappa shape index (κ1) is 44.5. The van der Waals surface area contributed by atoms with E-state index in [1.54, 1.807) is 14.0 Å². The van der Waals surface area contributed by atoms with E-state index in [4.69, 9.17) is 14.3 Å². The summed E-state index contributed by atoms with van der Waals surface area (Å²) in [5, 5.41) is 30.2. The van der Waals surface area contributed by atoms with Gasteiger partial charge in [0.05, 0.1) is 38.9 Å². The largest absolute Gasteiger partial charge is 0.496 e. The SMILES string of the molecule is COc1c(CN2O[C@@H](O)[C@@H]([C@H](C)O)[C@H]2C(=O)N[C@H]2C[C@@H](C)C(C)(C)[C@@H](C)[C@@H]2C)cccc1-c1cc(C(=O)N[C@@H](Cc2ccccc2)CN(C)C)cc(N2CCOCC2)c1. The summed E-state index contributed by atoms with van der Waals surface area (Å²) in [6.07, 6.45) is -0.876. The number of para-hydroxylation sites is 1. The second-order valence-electron chi connectivity index (χ2n) is 18.0. The number of nitrogens with zero attached hydrogens (tertiary/aromatic N) is 3. The molecule has 2 aliphatic heterocycles. The zero-order valence-corrected chi connectivity index (χ0v) is 36.5. The Hall–Kier alpha value is -4.04. The molecule has 0 aromatic heterocycles. The van der Waals surface area contributed by atoms with Gasteiger partial charge in [-0.1, -0.05) is 83.1 Å². The molecule has 6 rings (SSSR count). The Bertz CT molecular complexity index is 1880. The topological polar surface area (TPSA) is 136 Å². The van der Waals surface area contributed by atoms with Crippen LogP contribution < -0.4 is 20.3 Å². The highest BCUT2D eigenvalue weighted by Gasteiger charge is 2.51. The van der Waals surface area contributed by atoms with Gasteiger partial charge in [-0.25, -0.2) is 0 Å². The number of aliphatic hydroxyl groups excluding tert-OH is 2. The monoisotopic (exact) mass is 814 g/mol. The number of likely N-dealkylation sites (N-methyl/N-ethyl adjacent to an activating group) is 1. The van der Waals surface area contributed by atoms with Gasteiger partial charge in [0, 0.05) is 54.1 Å². The van der Waals surface area contributed by atoms with E-state index in [2.05, 4.69) is 73.3 Å². The molecule has 2 heterocycles. The standard InChI is InChI=1S/C47H67N5O7/c1-29-22-40(30(2)31(3)47(29,5)6)49-45(55)42-41(32(4)53)46(56)59-52(42)27-34-16-13-17-39(43(34)57-9)35-24-36(26-38(25-35)51-18-20-58-21-19-51)44(54)48-37(28-50(7)8)23-33-14-11-10-12-15-33/h10-17,24-26,29-32,37,40-42,46,53,56H,18-23,27-28H2,1-9H3,(H,48,54)(H,49,55)/t29-,30+,31+,32+,37+,40+,41+,42+,46-/m1/s1. The summed E-state index contributed by atoms with van der Waals surface area (Å²) in [7, 11) is 5.62. The lowest BCUT2D eigenvalue weighted by Crippen LogP contribution is -2.56. The first-order valence-corrected chi connectivity index (χ1v) is 21.3. The maximum absolute atomic E-state index is 14.3. The van der Waals surface area contributed by atoms with Crippen molar-refractivity contribution in [3.8, 4) is 16.9 Å². The molecule has 2 saturated heterocycles. The van der Waals surface area contributed by atoms with Crippen molar-refractivity contribution in [1.82, 2.24) is 20.6 Å². The molecule has 1 aliphatic carbocycles. The molecular weight excluding hydrogens is 747 g/mol. The molecule has 3 aliphatic rings. The molecule has 4 N–H and O–H groups in total. The van der Waals surface area contributed by atoms with Crippen LogP contribution in [0.5, 0.6) is 5.75 Å². The van der Waals surface area contributed by atoms with Crippen molar-refractivity contribution in [2.45, 2.75) is 91.4 Å². The van der Waals surface area contributed by atoms with Crippen LogP contribution in [0.3, 0.4) is 0 Å². The lowest BCUT2D eigenvalue weighted by Gasteiger charge is -2.50. The summed E-state index contributed by atoms with van der Waals surface area (Å²) in [6.45, 7) is 16.2. The van der Waals surface area contributed by atoms with Crippen molar-refractivity contribution in [2.24, 2.45) is 29.1 Å². The van der Waals surface area contributed by atoms with Gasteiger partial charge in [-0.05, 0) is 86.4 Å². The zero-order chi connectivity index (χ0) is 42.6. The number of hydrogen-bond acceptors (Lipinski definition) is 10. The van der Waals surface area contributed by atoms with Gasteiger partial charge in [0.15, 0.2) is 6.29 Å². The third kappa shape index (κ3) is 10.1. The number of carbonyl (C=O) groups is 2. The van der Waals surface area contributed by atoms with E-state index in [1.165, 1.54) is 5.06 Å². The molecule has 3 aromatic rings. The van der Waals surface area contributed by atoms with Crippen LogP contribution >= 0.6 is 0 Å². The smallest absolute Gasteiger partial charge is 0.251 e. The fraction of sp³-hybridized carbons (Fsp3) is 0.574. The zero-order valence-electron chi connectivity index (χ0n) is 36.5. The van der Waals surface area contributed by atoms with E-state index < -0.39 is 24.4 Å². The van der Waals surface area contributed by atoms with Gasteiger partial charge in [0.2, 0.25) is 5.91 Å². The van der Waals surface area contributed by atoms with Gasteiger partial charge in [-0.15, -0.1) is 0 Å². The van der Waals surface area contributed by atoms with Crippen molar-refractivity contribution in [3.05, 3.63) is 83.4 Å². The Kier molecular flexibility index (Phi) is 14.4. The molecule has 12 heteroatoms. The molecular formula is C47H67N5O7. The summed E-state index contributed by atoms with van der Waals surface area (Å²) in [5.74, 6) is 0.219. The molecule has 2 amide bonds. The van der Waals surface area contributed by atoms with Crippen LogP contribution in [-0.2, 0) is 27.3 Å². The molecule has 3 fully saturated rings. The number of amides is 2. The van der Waals surface area contributed by atoms with Crippen molar-refractivity contribution in [2.75, 3.05) is 59.0 Å². The minimum Gasteiger partial charge on any atom is -0.496 e. The predicted octanol–water partition coefficient (Wildman–Crippen LogP) is 5.36. The van der Waals surface area contributed by atoms with E-state index in [0.717, 1.165) is 28.8 Å². The summed E-state index contributed by atoms with van der Waals surface area (Å²) in [6, 6.07) is 20.8. The first-order valence-electron chi connectivity index (χ1n) is 21.3. The number of rotatable bonds is 14. The Labute approximate surface area is 351 Å². The highest BCUT2D eigenvalue weighted by atomic mass is 16.8. The third-order valence-electron chi connectivity index (χ3n) is 13.6. The van der Waals surface area contributed by atoms with Gasteiger partial charge in [-0.2, -0.15) is 5.06 Å². The highest BCUT2D eigenvalue weighted by molar-refractivity contribution is 5.97. The molecule has 0 unspecified atom stereocenters. The summed E-state index contributed by atoms with van der Waals surface area (Å²) < 4.78 is 11.8. The van der Waals surface area contributed by atoms with Crippen LogP contribution in [0.4, 0.5) is 5.69 Å². The number of hydroxylamine groups is 2. The summed E-state index contributed by atoms with van der Waals surface area (Å²) in [5.41, 5.74) is 4.98. The fourth-order valence-corrected chi connectivity index (χ4v) is 9.42. The van der Waals surface area contributed by atoms with Crippen molar-refractivity contribution in [3.63, 3.8) is 0 Å². The lowest BCUT2D eigenvalue weighted by atomic mass is 9.58. The highest BCUT2D eigenvalue weighted by Crippen LogP contribution is 2.47. The van der Waals surface area contributed by atoms with E-state index in [9.17, 15) is 19.8 Å². The van der Waals surface area contributed by atoms with Crippen molar-refractivity contribution >= 4 is 17.5 Å². The van der Waals surface area contributed by atoms with E-state index in [0.29, 0.717) is 68.0 Å². The van der Waals surface area contributed by atoms with Crippen LogP contribution in [0.2, 0.25) is 0 Å².